The van der Waals surface area contributed by atoms with E-state index >= 15 is 0 Å². The Hall–Kier alpha value is -0.530. The summed E-state index contributed by atoms with van der Waals surface area (Å²) in [5.74, 6) is 0.743. The van der Waals surface area contributed by atoms with Crippen molar-refractivity contribution in [3.8, 4) is 0 Å². The van der Waals surface area contributed by atoms with Crippen molar-refractivity contribution in [2.24, 2.45) is 5.92 Å². The van der Waals surface area contributed by atoms with Gasteiger partial charge < -0.3 is 4.74 Å². The van der Waals surface area contributed by atoms with E-state index in [1.165, 1.54) is 25.7 Å². The Balaban J connectivity index is 2.14. The molecule has 0 aromatic carbocycles. The molecule has 0 spiro atoms. The van der Waals surface area contributed by atoms with E-state index < -0.39 is 0 Å². The molecule has 0 atom stereocenters. The normalized spacial score (nSPS) is 18.5. The molecule has 0 radical (unpaired) electrons. The van der Waals surface area contributed by atoms with Gasteiger partial charge in [0.15, 0.2) is 0 Å². The highest BCUT2D eigenvalue weighted by Crippen LogP contribution is 2.28. The van der Waals surface area contributed by atoms with Crippen molar-refractivity contribution in [3.05, 3.63) is 0 Å². The standard InChI is InChI=1S/C12H22O2/c1-12(2,3)14-11(13)9-8-10-6-4-5-7-10/h10H,4-9H2,1-3H3. The van der Waals surface area contributed by atoms with Gasteiger partial charge in [0.2, 0.25) is 0 Å². The molecule has 2 nitrogen and oxygen atoms in total. The van der Waals surface area contributed by atoms with Gasteiger partial charge in [-0.3, -0.25) is 4.79 Å². The third-order valence-corrected chi connectivity index (χ3v) is 2.65. The van der Waals surface area contributed by atoms with Gasteiger partial charge in [-0.2, -0.15) is 0 Å². The average Bonchev–Trinajstić information content (AvgIpc) is 2.49. The van der Waals surface area contributed by atoms with Gasteiger partial charge >= 0.3 is 5.97 Å². The molecular weight excluding hydrogens is 176 g/mol. The largest absolute Gasteiger partial charge is 0.460 e. The Labute approximate surface area is 87.0 Å². The fourth-order valence-electron chi connectivity index (χ4n) is 2.01. The fraction of sp³-hybridized carbons (Fsp3) is 0.917. The number of hydrogen-bond acceptors (Lipinski definition) is 2. The van der Waals surface area contributed by atoms with Crippen LogP contribution in [0.25, 0.3) is 0 Å². The summed E-state index contributed by atoms with van der Waals surface area (Å²) in [7, 11) is 0. The average molecular weight is 198 g/mol. The van der Waals surface area contributed by atoms with E-state index in [4.69, 9.17) is 4.74 Å². The van der Waals surface area contributed by atoms with Crippen LogP contribution in [-0.2, 0) is 9.53 Å². The third-order valence-electron chi connectivity index (χ3n) is 2.65. The molecular formula is C12H22O2. The summed E-state index contributed by atoms with van der Waals surface area (Å²) >= 11 is 0. The van der Waals surface area contributed by atoms with Crippen molar-refractivity contribution < 1.29 is 9.53 Å². The molecule has 0 unspecified atom stereocenters. The highest BCUT2D eigenvalue weighted by Gasteiger charge is 2.19. The van der Waals surface area contributed by atoms with Gasteiger partial charge in [-0.1, -0.05) is 25.7 Å². The van der Waals surface area contributed by atoms with Crippen LogP contribution < -0.4 is 0 Å². The Kier molecular flexibility index (Phi) is 3.97. The lowest BCUT2D eigenvalue weighted by molar-refractivity contribution is -0.155. The van der Waals surface area contributed by atoms with Gasteiger partial charge in [-0.15, -0.1) is 0 Å². The molecule has 1 rings (SSSR count). The first kappa shape index (κ1) is 11.5. The highest BCUT2D eigenvalue weighted by molar-refractivity contribution is 5.69. The molecule has 2 heteroatoms. The second-order valence-electron chi connectivity index (χ2n) is 5.28. The van der Waals surface area contributed by atoms with Crippen LogP contribution in [0.2, 0.25) is 0 Å². The van der Waals surface area contributed by atoms with E-state index in [2.05, 4.69) is 0 Å². The quantitative estimate of drug-likeness (QED) is 0.650. The Morgan fingerprint density at radius 2 is 1.86 bits per heavy atom. The van der Waals surface area contributed by atoms with Crippen molar-refractivity contribution in [1.82, 2.24) is 0 Å². The summed E-state index contributed by atoms with van der Waals surface area (Å²) < 4.78 is 5.26. The molecule has 0 heterocycles. The van der Waals surface area contributed by atoms with Gasteiger partial charge in [0, 0.05) is 6.42 Å². The molecule has 14 heavy (non-hydrogen) atoms. The molecule has 0 aromatic heterocycles. The van der Waals surface area contributed by atoms with Crippen LogP contribution in [0.3, 0.4) is 0 Å². The van der Waals surface area contributed by atoms with Crippen molar-refractivity contribution in [2.75, 3.05) is 0 Å². The molecule has 1 aliphatic carbocycles. The summed E-state index contributed by atoms with van der Waals surface area (Å²) in [6, 6.07) is 0. The second kappa shape index (κ2) is 4.81. The lowest BCUT2D eigenvalue weighted by atomic mass is 10.0. The van der Waals surface area contributed by atoms with E-state index in [-0.39, 0.29) is 11.6 Å². The minimum absolute atomic E-state index is 0.0376. The first-order chi connectivity index (χ1) is 6.47. The highest BCUT2D eigenvalue weighted by atomic mass is 16.6. The van der Waals surface area contributed by atoms with Gasteiger partial charge in [0.05, 0.1) is 0 Å². The molecule has 0 aromatic rings. The Bertz CT molecular complexity index is 185. The van der Waals surface area contributed by atoms with Crippen LogP contribution in [0.4, 0.5) is 0 Å². The summed E-state index contributed by atoms with van der Waals surface area (Å²) in [6.45, 7) is 5.75. The lowest BCUT2D eigenvalue weighted by Gasteiger charge is -2.20. The molecule has 1 aliphatic rings. The minimum Gasteiger partial charge on any atom is -0.460 e. The van der Waals surface area contributed by atoms with Crippen molar-refractivity contribution >= 4 is 5.97 Å². The zero-order valence-corrected chi connectivity index (χ0v) is 9.64. The zero-order valence-electron chi connectivity index (χ0n) is 9.64. The van der Waals surface area contributed by atoms with Crippen LogP contribution in [0, 0.1) is 5.92 Å². The topological polar surface area (TPSA) is 26.3 Å². The predicted octanol–water partition coefficient (Wildman–Crippen LogP) is 3.30. The van der Waals surface area contributed by atoms with Crippen molar-refractivity contribution in [2.45, 2.75) is 64.9 Å². The van der Waals surface area contributed by atoms with Gasteiger partial charge in [-0.05, 0) is 33.1 Å². The number of hydrogen-bond donors (Lipinski definition) is 0. The van der Waals surface area contributed by atoms with E-state index in [1.54, 1.807) is 0 Å². The molecule has 1 fully saturated rings. The fourth-order valence-corrected chi connectivity index (χ4v) is 2.01. The molecule has 82 valence electrons. The monoisotopic (exact) mass is 198 g/mol. The summed E-state index contributed by atoms with van der Waals surface area (Å²) in [4.78, 5) is 11.4. The van der Waals surface area contributed by atoms with E-state index in [9.17, 15) is 4.79 Å². The number of ether oxygens (including phenoxy) is 1. The van der Waals surface area contributed by atoms with Crippen LogP contribution in [0.15, 0.2) is 0 Å². The smallest absolute Gasteiger partial charge is 0.306 e. The summed E-state index contributed by atoms with van der Waals surface area (Å²) in [6.07, 6.45) is 6.93. The Morgan fingerprint density at radius 3 is 2.36 bits per heavy atom. The van der Waals surface area contributed by atoms with Crippen LogP contribution >= 0.6 is 0 Å². The summed E-state index contributed by atoms with van der Waals surface area (Å²) in [5, 5.41) is 0. The maximum atomic E-state index is 11.4. The molecule has 1 saturated carbocycles. The maximum absolute atomic E-state index is 11.4. The van der Waals surface area contributed by atoms with Gasteiger partial charge in [0.1, 0.15) is 5.60 Å². The molecule has 0 bridgehead atoms. The van der Waals surface area contributed by atoms with Crippen LogP contribution in [0.1, 0.15) is 59.3 Å². The van der Waals surface area contributed by atoms with Crippen molar-refractivity contribution in [1.29, 1.82) is 0 Å². The van der Waals surface area contributed by atoms with E-state index in [0.29, 0.717) is 6.42 Å². The maximum Gasteiger partial charge on any atom is 0.306 e. The first-order valence-corrected chi connectivity index (χ1v) is 5.69. The van der Waals surface area contributed by atoms with E-state index in [0.717, 1.165) is 12.3 Å². The lowest BCUT2D eigenvalue weighted by Crippen LogP contribution is -2.23. The number of esters is 1. The number of rotatable bonds is 3. The Morgan fingerprint density at radius 1 is 1.29 bits per heavy atom. The van der Waals surface area contributed by atoms with Gasteiger partial charge in [-0.25, -0.2) is 0 Å². The van der Waals surface area contributed by atoms with E-state index in [1.807, 2.05) is 20.8 Å². The molecule has 0 saturated heterocycles. The molecule has 0 N–H and O–H groups in total. The first-order valence-electron chi connectivity index (χ1n) is 5.69. The molecule has 0 amide bonds. The van der Waals surface area contributed by atoms with Crippen molar-refractivity contribution in [3.63, 3.8) is 0 Å². The predicted molar refractivity (Wildman–Crippen MR) is 57.0 cm³/mol. The van der Waals surface area contributed by atoms with Crippen LogP contribution in [-0.4, -0.2) is 11.6 Å². The van der Waals surface area contributed by atoms with Crippen LogP contribution in [0.5, 0.6) is 0 Å². The third kappa shape index (κ3) is 4.64. The SMILES string of the molecule is CC(C)(C)OC(=O)CCC1CCCC1. The number of carbonyl (C=O) groups is 1. The van der Waals surface area contributed by atoms with Gasteiger partial charge in [0.25, 0.3) is 0 Å². The minimum atomic E-state index is -0.327. The molecule has 0 aliphatic heterocycles. The zero-order chi connectivity index (χ0) is 10.6. The number of carbonyl (C=O) groups excluding carboxylic acids is 1. The summed E-state index contributed by atoms with van der Waals surface area (Å²) in [5.41, 5.74) is -0.327. The second-order valence-corrected chi connectivity index (χ2v) is 5.28.